The van der Waals surface area contributed by atoms with Gasteiger partial charge in [-0.2, -0.15) is 0 Å². The molecule has 1 aromatic carbocycles. The predicted molar refractivity (Wildman–Crippen MR) is 84.9 cm³/mol. The van der Waals surface area contributed by atoms with Gasteiger partial charge in [0, 0.05) is 29.6 Å². The van der Waals surface area contributed by atoms with E-state index in [0.717, 1.165) is 28.9 Å². The van der Waals surface area contributed by atoms with E-state index < -0.39 is 0 Å². The first-order valence-corrected chi connectivity index (χ1v) is 7.10. The van der Waals surface area contributed by atoms with Gasteiger partial charge in [-0.3, -0.25) is 4.98 Å². The van der Waals surface area contributed by atoms with Gasteiger partial charge in [-0.05, 0) is 37.1 Å². The summed E-state index contributed by atoms with van der Waals surface area (Å²) in [5.74, 6) is 0.485. The Kier molecular flexibility index (Phi) is 4.79. The summed E-state index contributed by atoms with van der Waals surface area (Å²) in [4.78, 5) is 4.37. The molecule has 1 heterocycles. The van der Waals surface area contributed by atoms with Crippen LogP contribution >= 0.6 is 0 Å². The van der Waals surface area contributed by atoms with Crippen LogP contribution in [0.3, 0.4) is 0 Å². The van der Waals surface area contributed by atoms with Crippen LogP contribution in [0, 0.1) is 5.92 Å². The lowest BCUT2D eigenvalue weighted by Crippen LogP contribution is -2.31. The van der Waals surface area contributed by atoms with Gasteiger partial charge in [-0.1, -0.05) is 13.8 Å². The van der Waals surface area contributed by atoms with Crippen LogP contribution in [0.4, 0.5) is 11.4 Å². The van der Waals surface area contributed by atoms with Gasteiger partial charge in [0.15, 0.2) is 0 Å². The van der Waals surface area contributed by atoms with Gasteiger partial charge in [-0.25, -0.2) is 0 Å². The molecule has 0 fully saturated rings. The van der Waals surface area contributed by atoms with Crippen LogP contribution in [0.5, 0.6) is 0 Å². The topological polar surface area (TPSA) is 60.2 Å². The maximum absolute atomic E-state index is 5.81. The van der Waals surface area contributed by atoms with Crippen molar-refractivity contribution in [2.24, 2.45) is 5.92 Å². The Morgan fingerprint density at radius 1 is 1.30 bits per heavy atom. The van der Waals surface area contributed by atoms with Crippen LogP contribution in [0.1, 0.15) is 20.8 Å². The molecule has 0 aliphatic carbocycles. The maximum Gasteiger partial charge on any atom is 0.0743 e. The quantitative estimate of drug-likeness (QED) is 0.793. The molecule has 0 aliphatic heterocycles. The fraction of sp³-hybridized carbons (Fsp3) is 0.438. The minimum atomic E-state index is 0.276. The molecule has 108 valence electrons. The van der Waals surface area contributed by atoms with Crippen LogP contribution < -0.4 is 11.1 Å². The van der Waals surface area contributed by atoms with Crippen LogP contribution in [-0.2, 0) is 4.74 Å². The van der Waals surface area contributed by atoms with Crippen molar-refractivity contribution in [2.75, 3.05) is 24.3 Å². The zero-order chi connectivity index (χ0) is 14.5. The Balaban J connectivity index is 2.27. The number of rotatable bonds is 6. The fourth-order valence-electron chi connectivity index (χ4n) is 2.14. The molecule has 3 N–H and O–H groups in total. The standard InChI is InChI=1S/C16H23N3O/c1-4-20-10-16(11(2)3)19-14-7-8-18-15-9-12(17)5-6-13(14)15/h5-9,11,16H,4,10,17H2,1-3H3,(H,18,19). The van der Waals surface area contributed by atoms with Crippen molar-refractivity contribution in [3.8, 4) is 0 Å². The van der Waals surface area contributed by atoms with Gasteiger partial charge in [0.2, 0.25) is 0 Å². The number of anilines is 2. The van der Waals surface area contributed by atoms with Gasteiger partial charge >= 0.3 is 0 Å². The van der Waals surface area contributed by atoms with E-state index in [9.17, 15) is 0 Å². The van der Waals surface area contributed by atoms with Gasteiger partial charge in [0.05, 0.1) is 18.2 Å². The lowest BCUT2D eigenvalue weighted by Gasteiger charge is -2.24. The normalized spacial score (nSPS) is 12.8. The molecular weight excluding hydrogens is 250 g/mol. The summed E-state index contributed by atoms with van der Waals surface area (Å²) in [5.41, 5.74) is 8.53. The van der Waals surface area contributed by atoms with Gasteiger partial charge < -0.3 is 15.8 Å². The summed E-state index contributed by atoms with van der Waals surface area (Å²) >= 11 is 0. The zero-order valence-corrected chi connectivity index (χ0v) is 12.4. The number of hydrogen-bond acceptors (Lipinski definition) is 4. The number of nitrogen functional groups attached to an aromatic ring is 1. The van der Waals surface area contributed by atoms with Crippen molar-refractivity contribution in [3.63, 3.8) is 0 Å². The van der Waals surface area contributed by atoms with Crippen molar-refractivity contribution < 1.29 is 4.74 Å². The highest BCUT2D eigenvalue weighted by Crippen LogP contribution is 2.25. The molecule has 2 rings (SSSR count). The van der Waals surface area contributed by atoms with E-state index in [2.05, 4.69) is 24.1 Å². The highest BCUT2D eigenvalue weighted by molar-refractivity contribution is 5.92. The van der Waals surface area contributed by atoms with Crippen LogP contribution in [0.15, 0.2) is 30.5 Å². The number of nitrogens with one attached hydrogen (secondary N) is 1. The third-order valence-corrected chi connectivity index (χ3v) is 3.41. The Labute approximate surface area is 120 Å². The first-order chi connectivity index (χ1) is 9.61. The second-order valence-electron chi connectivity index (χ2n) is 5.29. The van der Waals surface area contributed by atoms with Crippen molar-refractivity contribution >= 4 is 22.3 Å². The molecule has 0 spiro atoms. The first kappa shape index (κ1) is 14.6. The van der Waals surface area contributed by atoms with Crippen LogP contribution in [0.2, 0.25) is 0 Å². The summed E-state index contributed by atoms with van der Waals surface area (Å²) in [5, 5.41) is 4.66. The second-order valence-corrected chi connectivity index (χ2v) is 5.29. The van der Waals surface area contributed by atoms with Crippen molar-refractivity contribution in [3.05, 3.63) is 30.5 Å². The Bertz CT molecular complexity index is 569. The van der Waals surface area contributed by atoms with E-state index in [1.165, 1.54) is 0 Å². The van der Waals surface area contributed by atoms with Gasteiger partial charge in [0.25, 0.3) is 0 Å². The number of pyridine rings is 1. The average molecular weight is 273 g/mol. The lowest BCUT2D eigenvalue weighted by molar-refractivity contribution is 0.127. The molecule has 4 heteroatoms. The molecular formula is C16H23N3O. The van der Waals surface area contributed by atoms with E-state index in [0.29, 0.717) is 12.5 Å². The average Bonchev–Trinajstić information content (AvgIpc) is 2.42. The molecule has 2 aromatic rings. The largest absolute Gasteiger partial charge is 0.399 e. The van der Waals surface area contributed by atoms with Gasteiger partial charge in [0.1, 0.15) is 0 Å². The smallest absolute Gasteiger partial charge is 0.0743 e. The monoisotopic (exact) mass is 273 g/mol. The number of nitrogens with zero attached hydrogens (tertiary/aromatic N) is 1. The maximum atomic E-state index is 5.81. The number of nitrogens with two attached hydrogens (primary N) is 1. The second kappa shape index (κ2) is 6.57. The molecule has 0 aliphatic rings. The van der Waals surface area contributed by atoms with Crippen LogP contribution in [0.25, 0.3) is 10.9 Å². The number of ether oxygens (including phenoxy) is 1. The van der Waals surface area contributed by atoms with E-state index in [1.54, 1.807) is 0 Å². The minimum absolute atomic E-state index is 0.276. The molecule has 0 saturated carbocycles. The molecule has 0 bridgehead atoms. The number of hydrogen-bond donors (Lipinski definition) is 2. The van der Waals surface area contributed by atoms with E-state index in [4.69, 9.17) is 10.5 Å². The Morgan fingerprint density at radius 3 is 2.80 bits per heavy atom. The molecule has 1 unspecified atom stereocenters. The predicted octanol–water partition coefficient (Wildman–Crippen LogP) is 3.29. The SMILES string of the molecule is CCOCC(Nc1ccnc2cc(N)ccc12)C(C)C. The first-order valence-electron chi connectivity index (χ1n) is 7.10. The Hall–Kier alpha value is -1.81. The van der Waals surface area contributed by atoms with E-state index in [-0.39, 0.29) is 6.04 Å². The molecule has 0 saturated heterocycles. The molecule has 0 radical (unpaired) electrons. The Morgan fingerprint density at radius 2 is 2.10 bits per heavy atom. The summed E-state index contributed by atoms with van der Waals surface area (Å²) in [6.07, 6.45) is 1.81. The molecule has 20 heavy (non-hydrogen) atoms. The third-order valence-electron chi connectivity index (χ3n) is 3.41. The summed E-state index contributed by atoms with van der Waals surface area (Å²) in [6.45, 7) is 7.84. The van der Waals surface area contributed by atoms with E-state index >= 15 is 0 Å². The van der Waals surface area contributed by atoms with Crippen molar-refractivity contribution in [2.45, 2.75) is 26.8 Å². The highest BCUT2D eigenvalue weighted by atomic mass is 16.5. The number of fused-ring (bicyclic) bond motifs is 1. The van der Waals surface area contributed by atoms with Gasteiger partial charge in [-0.15, -0.1) is 0 Å². The zero-order valence-electron chi connectivity index (χ0n) is 12.4. The number of aromatic nitrogens is 1. The molecule has 0 amide bonds. The summed E-state index contributed by atoms with van der Waals surface area (Å²) in [6, 6.07) is 8.09. The third kappa shape index (κ3) is 3.39. The van der Waals surface area contributed by atoms with Crippen molar-refractivity contribution in [1.29, 1.82) is 0 Å². The van der Waals surface area contributed by atoms with Crippen molar-refractivity contribution in [1.82, 2.24) is 4.98 Å². The minimum Gasteiger partial charge on any atom is -0.399 e. The molecule has 4 nitrogen and oxygen atoms in total. The summed E-state index contributed by atoms with van der Waals surface area (Å²) < 4.78 is 5.56. The lowest BCUT2D eigenvalue weighted by atomic mass is 10.0. The highest BCUT2D eigenvalue weighted by Gasteiger charge is 2.14. The fourth-order valence-corrected chi connectivity index (χ4v) is 2.14. The van der Waals surface area contributed by atoms with Crippen LogP contribution in [-0.4, -0.2) is 24.2 Å². The number of benzene rings is 1. The molecule has 1 atom stereocenters. The summed E-state index contributed by atoms with van der Waals surface area (Å²) in [7, 11) is 0. The molecule has 1 aromatic heterocycles. The van der Waals surface area contributed by atoms with E-state index in [1.807, 2.05) is 37.4 Å².